The first-order valence-electron chi connectivity index (χ1n) is 6.28. The van der Waals surface area contributed by atoms with Crippen LogP contribution in [0.15, 0.2) is 0 Å². The van der Waals surface area contributed by atoms with E-state index in [1.807, 2.05) is 0 Å². The summed E-state index contributed by atoms with van der Waals surface area (Å²) < 4.78 is 30.4. The van der Waals surface area contributed by atoms with Crippen molar-refractivity contribution < 1.29 is 17.9 Å². The van der Waals surface area contributed by atoms with Gasteiger partial charge >= 0.3 is 5.97 Å². The molecule has 0 spiro atoms. The third kappa shape index (κ3) is 6.32. The van der Waals surface area contributed by atoms with Crippen LogP contribution in [0, 0.1) is 5.92 Å². The number of rotatable bonds is 7. The van der Waals surface area contributed by atoms with E-state index >= 15 is 0 Å². The Hall–Kier alpha value is -0.660. The lowest BCUT2D eigenvalue weighted by atomic mass is 9.99. The topological polar surface area (TPSA) is 84.5 Å². The van der Waals surface area contributed by atoms with E-state index in [1.54, 1.807) is 0 Å². The number of ether oxygens (including phenoxy) is 1. The van der Waals surface area contributed by atoms with Crippen molar-refractivity contribution in [3.8, 4) is 0 Å². The number of esters is 1. The Kier molecular flexibility index (Phi) is 6.59. The standard InChI is InChI=1S/C11H22N2O4S/c1-17-11(14)3-2-8-18(15,16)13-9-10-4-6-12-7-5-10/h10,12-13H,2-9H2,1H3. The number of piperidine rings is 1. The smallest absolute Gasteiger partial charge is 0.305 e. The second-order valence-corrected chi connectivity index (χ2v) is 6.47. The monoisotopic (exact) mass is 278 g/mol. The van der Waals surface area contributed by atoms with Crippen LogP contribution in [0.2, 0.25) is 0 Å². The Balaban J connectivity index is 2.20. The molecule has 1 heterocycles. The number of sulfonamides is 1. The molecule has 6 nitrogen and oxygen atoms in total. The maximum absolute atomic E-state index is 11.7. The molecule has 1 fully saturated rings. The van der Waals surface area contributed by atoms with E-state index in [-0.39, 0.29) is 18.1 Å². The fourth-order valence-electron chi connectivity index (χ4n) is 1.91. The van der Waals surface area contributed by atoms with Crippen LogP contribution >= 0.6 is 0 Å². The number of carbonyl (C=O) groups is 1. The van der Waals surface area contributed by atoms with Gasteiger partial charge in [-0.1, -0.05) is 0 Å². The van der Waals surface area contributed by atoms with E-state index in [4.69, 9.17) is 0 Å². The Morgan fingerprint density at radius 1 is 1.39 bits per heavy atom. The summed E-state index contributed by atoms with van der Waals surface area (Å²) in [6, 6.07) is 0. The van der Waals surface area contributed by atoms with Gasteiger partial charge in [0.1, 0.15) is 0 Å². The highest BCUT2D eigenvalue weighted by atomic mass is 32.2. The zero-order chi connectivity index (χ0) is 13.4. The second kappa shape index (κ2) is 7.70. The Bertz CT molecular complexity index is 350. The minimum absolute atomic E-state index is 0.0208. The summed E-state index contributed by atoms with van der Waals surface area (Å²) in [5.74, 6) is 0.0257. The average Bonchev–Trinajstić information content (AvgIpc) is 2.37. The molecule has 1 saturated heterocycles. The minimum Gasteiger partial charge on any atom is -0.469 e. The minimum atomic E-state index is -3.26. The van der Waals surface area contributed by atoms with Crippen molar-refractivity contribution in [2.24, 2.45) is 5.92 Å². The first-order valence-corrected chi connectivity index (χ1v) is 7.93. The molecule has 0 atom stereocenters. The average molecular weight is 278 g/mol. The molecule has 18 heavy (non-hydrogen) atoms. The summed E-state index contributed by atoms with van der Waals surface area (Å²) in [6.07, 6.45) is 2.45. The Morgan fingerprint density at radius 2 is 2.06 bits per heavy atom. The van der Waals surface area contributed by atoms with Crippen LogP contribution in [0.3, 0.4) is 0 Å². The van der Waals surface area contributed by atoms with E-state index in [0.717, 1.165) is 25.9 Å². The van der Waals surface area contributed by atoms with Crippen molar-refractivity contribution in [1.82, 2.24) is 10.0 Å². The summed E-state index contributed by atoms with van der Waals surface area (Å²) in [7, 11) is -1.97. The highest BCUT2D eigenvalue weighted by Crippen LogP contribution is 2.10. The number of carbonyl (C=O) groups excluding carboxylic acids is 1. The SMILES string of the molecule is COC(=O)CCCS(=O)(=O)NCC1CCNCC1. The first kappa shape index (κ1) is 15.4. The van der Waals surface area contributed by atoms with Crippen molar-refractivity contribution in [3.63, 3.8) is 0 Å². The molecule has 0 aromatic rings. The highest BCUT2D eigenvalue weighted by Gasteiger charge is 2.17. The quantitative estimate of drug-likeness (QED) is 0.633. The lowest BCUT2D eigenvalue weighted by Crippen LogP contribution is -2.36. The van der Waals surface area contributed by atoms with Gasteiger partial charge < -0.3 is 10.1 Å². The molecule has 0 unspecified atom stereocenters. The van der Waals surface area contributed by atoms with Gasteiger partial charge in [-0.2, -0.15) is 0 Å². The first-order chi connectivity index (χ1) is 8.53. The maximum atomic E-state index is 11.7. The zero-order valence-corrected chi connectivity index (χ0v) is 11.6. The molecule has 0 aromatic heterocycles. The van der Waals surface area contributed by atoms with Gasteiger partial charge in [-0.25, -0.2) is 13.1 Å². The van der Waals surface area contributed by atoms with Gasteiger partial charge in [0.25, 0.3) is 0 Å². The van der Waals surface area contributed by atoms with Crippen molar-refractivity contribution in [2.75, 3.05) is 32.5 Å². The Labute approximate surface area is 109 Å². The third-order valence-electron chi connectivity index (χ3n) is 3.07. The summed E-state index contributed by atoms with van der Waals surface area (Å²) in [6.45, 7) is 2.41. The van der Waals surface area contributed by atoms with E-state index in [2.05, 4.69) is 14.8 Å². The van der Waals surface area contributed by atoms with Gasteiger partial charge in [0.2, 0.25) is 10.0 Å². The predicted molar refractivity (Wildman–Crippen MR) is 68.6 cm³/mol. The van der Waals surface area contributed by atoms with Crippen molar-refractivity contribution in [2.45, 2.75) is 25.7 Å². The second-order valence-electron chi connectivity index (χ2n) is 4.54. The molecule has 0 radical (unpaired) electrons. The molecule has 0 aliphatic carbocycles. The molecule has 1 rings (SSSR count). The molecular formula is C11H22N2O4S. The molecule has 0 aromatic carbocycles. The van der Waals surface area contributed by atoms with Gasteiger partial charge in [-0.15, -0.1) is 0 Å². The van der Waals surface area contributed by atoms with Crippen molar-refractivity contribution in [3.05, 3.63) is 0 Å². The largest absolute Gasteiger partial charge is 0.469 e. The molecular weight excluding hydrogens is 256 g/mol. The molecule has 0 bridgehead atoms. The van der Waals surface area contributed by atoms with Crippen LogP contribution in [-0.4, -0.2) is 46.9 Å². The molecule has 106 valence electrons. The van der Waals surface area contributed by atoms with Crippen molar-refractivity contribution in [1.29, 1.82) is 0 Å². The van der Waals surface area contributed by atoms with Crippen LogP contribution in [0.25, 0.3) is 0 Å². The van der Waals surface area contributed by atoms with Gasteiger partial charge in [-0.3, -0.25) is 4.79 Å². The normalized spacial score (nSPS) is 17.6. The summed E-state index contributed by atoms with van der Waals surface area (Å²) in [4.78, 5) is 10.9. The number of hydrogen-bond acceptors (Lipinski definition) is 5. The van der Waals surface area contributed by atoms with Crippen LogP contribution in [0.5, 0.6) is 0 Å². The number of methoxy groups -OCH3 is 1. The highest BCUT2D eigenvalue weighted by molar-refractivity contribution is 7.89. The number of nitrogens with one attached hydrogen (secondary N) is 2. The van der Waals surface area contributed by atoms with Gasteiger partial charge in [0, 0.05) is 13.0 Å². The van der Waals surface area contributed by atoms with E-state index in [1.165, 1.54) is 7.11 Å². The summed E-state index contributed by atoms with van der Waals surface area (Å²) in [5.41, 5.74) is 0. The van der Waals surface area contributed by atoms with Gasteiger partial charge in [0.05, 0.1) is 12.9 Å². The summed E-state index contributed by atoms with van der Waals surface area (Å²) in [5, 5.41) is 3.24. The molecule has 1 aliphatic rings. The van der Waals surface area contributed by atoms with Crippen LogP contribution in [0.1, 0.15) is 25.7 Å². The lowest BCUT2D eigenvalue weighted by Gasteiger charge is -2.22. The fraction of sp³-hybridized carbons (Fsp3) is 0.909. The van der Waals surface area contributed by atoms with E-state index in [0.29, 0.717) is 18.9 Å². The summed E-state index contributed by atoms with van der Waals surface area (Å²) >= 11 is 0. The fourth-order valence-corrected chi connectivity index (χ4v) is 3.07. The van der Waals surface area contributed by atoms with Crippen molar-refractivity contribution >= 4 is 16.0 Å². The molecule has 1 aliphatic heterocycles. The molecule has 2 N–H and O–H groups in total. The molecule has 0 saturated carbocycles. The molecule has 0 amide bonds. The third-order valence-corrected chi connectivity index (χ3v) is 4.50. The lowest BCUT2D eigenvalue weighted by molar-refractivity contribution is -0.140. The molecule has 7 heteroatoms. The maximum Gasteiger partial charge on any atom is 0.305 e. The zero-order valence-electron chi connectivity index (χ0n) is 10.8. The van der Waals surface area contributed by atoms with E-state index < -0.39 is 10.0 Å². The number of hydrogen-bond donors (Lipinski definition) is 2. The van der Waals surface area contributed by atoms with Gasteiger partial charge in [0.15, 0.2) is 0 Å². The predicted octanol–water partition coefficient (Wildman–Crippen LogP) is -0.141. The Morgan fingerprint density at radius 3 is 2.67 bits per heavy atom. The van der Waals surface area contributed by atoms with E-state index in [9.17, 15) is 13.2 Å². The van der Waals surface area contributed by atoms with Gasteiger partial charge in [-0.05, 0) is 38.3 Å². The van der Waals surface area contributed by atoms with Crippen LogP contribution < -0.4 is 10.0 Å². The van der Waals surface area contributed by atoms with Crippen LogP contribution in [-0.2, 0) is 19.6 Å². The van der Waals surface area contributed by atoms with Crippen LogP contribution in [0.4, 0.5) is 0 Å².